The molecule has 3 aliphatic carbocycles. The molecule has 1 aromatic heterocycles. The van der Waals surface area contributed by atoms with Crippen molar-refractivity contribution in [1.82, 2.24) is 9.88 Å². The van der Waals surface area contributed by atoms with Crippen LogP contribution in [0, 0.1) is 23.7 Å². The highest BCUT2D eigenvalue weighted by Crippen LogP contribution is 2.57. The highest BCUT2D eigenvalue weighted by molar-refractivity contribution is 6.15. The molecule has 2 fully saturated rings. The van der Waals surface area contributed by atoms with Crippen molar-refractivity contribution in [2.75, 3.05) is 4.90 Å². The van der Waals surface area contributed by atoms with E-state index >= 15 is 0 Å². The van der Waals surface area contributed by atoms with Gasteiger partial charge in [0.2, 0.25) is 0 Å². The number of benzene rings is 5. The maximum atomic E-state index is 3.94. The number of nitrogens with one attached hydrogen (secondary N) is 1. The van der Waals surface area contributed by atoms with Crippen molar-refractivity contribution >= 4 is 50.1 Å². The number of aromatic nitrogens is 1. The van der Waals surface area contributed by atoms with E-state index in [1.807, 2.05) is 0 Å². The molecule has 60 heavy (non-hydrogen) atoms. The lowest BCUT2D eigenvalue weighted by Crippen LogP contribution is -2.33. The molecule has 5 aromatic carbocycles. The minimum atomic E-state index is 0.316. The van der Waals surface area contributed by atoms with Crippen LogP contribution in [-0.4, -0.2) is 10.6 Å². The largest absolute Gasteiger partial charge is 0.378 e. The Morgan fingerprint density at radius 1 is 0.700 bits per heavy atom. The van der Waals surface area contributed by atoms with Crippen molar-refractivity contribution in [3.05, 3.63) is 162 Å². The van der Waals surface area contributed by atoms with Gasteiger partial charge in [0.1, 0.15) is 0 Å². The Hall–Kier alpha value is -5.80. The second-order valence-corrected chi connectivity index (χ2v) is 18.5. The normalized spacial score (nSPS) is 23.9. The Kier molecular flexibility index (Phi) is 9.32. The molecule has 5 atom stereocenters. The summed E-state index contributed by atoms with van der Waals surface area (Å²) in [6.45, 7) is 9.29. The van der Waals surface area contributed by atoms with Gasteiger partial charge in [-0.1, -0.05) is 128 Å². The molecule has 3 heterocycles. The average Bonchev–Trinajstić information content (AvgIpc) is 3.56. The van der Waals surface area contributed by atoms with Crippen LogP contribution in [0.15, 0.2) is 156 Å². The fourth-order valence-electron chi connectivity index (χ4n) is 12.1. The topological polar surface area (TPSA) is 20.2 Å². The van der Waals surface area contributed by atoms with Gasteiger partial charge in [-0.2, -0.15) is 0 Å². The van der Waals surface area contributed by atoms with Gasteiger partial charge in [0.15, 0.2) is 0 Å². The zero-order valence-corrected chi connectivity index (χ0v) is 35.7. The minimum Gasteiger partial charge on any atom is -0.378 e. The lowest BCUT2D eigenvalue weighted by molar-refractivity contribution is 0.140. The number of rotatable bonds is 5. The van der Waals surface area contributed by atoms with Crippen molar-refractivity contribution < 1.29 is 0 Å². The summed E-state index contributed by atoms with van der Waals surface area (Å²) in [6, 6.07) is 41.9. The molecule has 1 N–H and O–H groups in total. The molecule has 6 aromatic rings. The molecule has 3 heteroatoms. The Balaban J connectivity index is 1.10. The molecule has 5 unspecified atom stereocenters. The number of allylic oxidation sites excluding steroid dienone is 8. The summed E-state index contributed by atoms with van der Waals surface area (Å²) in [4.78, 5) is 2.58. The van der Waals surface area contributed by atoms with Crippen molar-refractivity contribution in [3.8, 4) is 22.4 Å². The van der Waals surface area contributed by atoms with Gasteiger partial charge in [0.25, 0.3) is 0 Å². The standard InChI is InChI=1S/C57H57N3/c1-5-6-17-36(2)50-35-41-34-42(29-28-39(41)32-37(50)3)59-51-25-14-11-22-47(51)55-48-23-12-15-26-52(48)60(53-27-16-13-24-49(53)57(55)59)54-31-30-46(44-20-9-10-21-45(44)54)56-43-19-8-7-18-40(43)33-38(4)58-56/h5-6,9-17,20-27,29-31,33,37-39,41,50,58H,7-8,18-19,28,32,34-35H2,1-4H3/b6-5-,36-17+. The van der Waals surface area contributed by atoms with Gasteiger partial charge in [-0.15, -0.1) is 0 Å². The number of hydrogen-bond donors (Lipinski definition) is 1. The smallest absolute Gasteiger partial charge is 0.0637 e. The van der Waals surface area contributed by atoms with Crippen LogP contribution in [0.2, 0.25) is 0 Å². The zero-order valence-electron chi connectivity index (χ0n) is 35.7. The van der Waals surface area contributed by atoms with Crippen molar-refractivity contribution in [3.63, 3.8) is 0 Å². The molecule has 11 rings (SSSR count). The second-order valence-electron chi connectivity index (χ2n) is 18.5. The van der Waals surface area contributed by atoms with E-state index in [1.165, 1.54) is 116 Å². The molecule has 0 bridgehead atoms. The van der Waals surface area contributed by atoms with Crippen molar-refractivity contribution in [1.29, 1.82) is 0 Å². The summed E-state index contributed by atoms with van der Waals surface area (Å²) in [5, 5.41) is 7.83. The number of dihydropyridines is 1. The van der Waals surface area contributed by atoms with Gasteiger partial charge in [-0.05, 0) is 137 Å². The van der Waals surface area contributed by atoms with Crippen molar-refractivity contribution in [2.45, 2.75) is 85.1 Å². The van der Waals surface area contributed by atoms with Crippen LogP contribution in [0.5, 0.6) is 0 Å². The minimum absolute atomic E-state index is 0.316. The number of anilines is 3. The second kappa shape index (κ2) is 15.0. The number of nitrogens with zero attached hydrogens (tertiary/aromatic N) is 2. The Bertz CT molecular complexity index is 2840. The molecule has 3 nitrogen and oxygen atoms in total. The number of para-hydroxylation sites is 3. The quantitative estimate of drug-likeness (QED) is 0.176. The van der Waals surface area contributed by atoms with Crippen LogP contribution in [0.3, 0.4) is 0 Å². The van der Waals surface area contributed by atoms with E-state index in [-0.39, 0.29) is 0 Å². The maximum absolute atomic E-state index is 3.94. The molecular formula is C57H57N3. The molecule has 2 aliphatic heterocycles. The highest BCUT2D eigenvalue weighted by atomic mass is 15.2. The Morgan fingerprint density at radius 3 is 2.25 bits per heavy atom. The van der Waals surface area contributed by atoms with Crippen LogP contribution in [-0.2, 0) is 0 Å². The summed E-state index contributed by atoms with van der Waals surface area (Å²) in [5.74, 6) is 2.77. The molecule has 300 valence electrons. The summed E-state index contributed by atoms with van der Waals surface area (Å²) >= 11 is 0. The number of fused-ring (bicyclic) bond motifs is 10. The van der Waals surface area contributed by atoms with E-state index < -0.39 is 0 Å². The summed E-state index contributed by atoms with van der Waals surface area (Å²) in [6.07, 6.45) is 21.6. The van der Waals surface area contributed by atoms with Gasteiger partial charge in [0, 0.05) is 50.5 Å². The first-order valence-corrected chi connectivity index (χ1v) is 22.8. The van der Waals surface area contributed by atoms with E-state index in [0.717, 1.165) is 25.2 Å². The van der Waals surface area contributed by atoms with Gasteiger partial charge < -0.3 is 14.8 Å². The Labute approximate surface area is 356 Å². The lowest BCUT2D eigenvalue weighted by Gasteiger charge is -2.43. The van der Waals surface area contributed by atoms with Gasteiger partial charge in [-0.25, -0.2) is 0 Å². The van der Waals surface area contributed by atoms with Crippen LogP contribution >= 0.6 is 0 Å². The summed E-state index contributed by atoms with van der Waals surface area (Å²) < 4.78 is 2.69. The molecule has 0 radical (unpaired) electrons. The Morgan fingerprint density at radius 2 is 1.42 bits per heavy atom. The molecule has 0 spiro atoms. The molecular weight excluding hydrogens is 727 g/mol. The first-order chi connectivity index (χ1) is 29.5. The third-order valence-corrected chi connectivity index (χ3v) is 14.9. The maximum Gasteiger partial charge on any atom is 0.0637 e. The van der Waals surface area contributed by atoms with E-state index in [0.29, 0.717) is 23.8 Å². The predicted octanol–water partition coefficient (Wildman–Crippen LogP) is 15.6. The van der Waals surface area contributed by atoms with Crippen LogP contribution < -0.4 is 10.2 Å². The third-order valence-electron chi connectivity index (χ3n) is 14.9. The van der Waals surface area contributed by atoms with E-state index in [1.54, 1.807) is 11.1 Å². The van der Waals surface area contributed by atoms with Gasteiger partial charge in [0.05, 0.1) is 28.3 Å². The zero-order chi connectivity index (χ0) is 40.5. The van der Waals surface area contributed by atoms with Crippen LogP contribution in [0.25, 0.3) is 55.5 Å². The molecule has 0 amide bonds. The average molecular weight is 784 g/mol. The molecule has 5 aliphatic rings. The van der Waals surface area contributed by atoms with Gasteiger partial charge >= 0.3 is 0 Å². The lowest BCUT2D eigenvalue weighted by atomic mass is 9.63. The van der Waals surface area contributed by atoms with E-state index in [9.17, 15) is 0 Å². The highest BCUT2D eigenvalue weighted by Gasteiger charge is 2.39. The van der Waals surface area contributed by atoms with Crippen LogP contribution in [0.4, 0.5) is 17.1 Å². The number of hydrogen-bond acceptors (Lipinski definition) is 2. The van der Waals surface area contributed by atoms with Crippen LogP contribution in [0.1, 0.15) is 84.6 Å². The summed E-state index contributed by atoms with van der Waals surface area (Å²) in [7, 11) is 0. The SMILES string of the molecule is C/C=C\C=C(/C)C1CC2CC(n3c4c(c5ccccc53)-c3ccccc3N(c3ccc(C5=C6CCCCC6=CC(C)N5)c5ccccc35)c3ccccc3-4)=CCC2CC1C. The monoisotopic (exact) mass is 783 g/mol. The van der Waals surface area contributed by atoms with E-state index in [4.69, 9.17) is 0 Å². The van der Waals surface area contributed by atoms with E-state index in [2.05, 4.69) is 182 Å². The van der Waals surface area contributed by atoms with Crippen molar-refractivity contribution in [2.24, 2.45) is 23.7 Å². The predicted molar refractivity (Wildman–Crippen MR) is 256 cm³/mol. The fraction of sp³-hybridized carbons (Fsp3) is 0.298. The first kappa shape index (κ1) is 37.2. The van der Waals surface area contributed by atoms with Gasteiger partial charge in [-0.3, -0.25) is 0 Å². The fourth-order valence-corrected chi connectivity index (χ4v) is 12.1. The first-order valence-electron chi connectivity index (χ1n) is 22.8. The molecule has 0 saturated heterocycles. The molecule has 2 saturated carbocycles. The third kappa shape index (κ3) is 5.99. The summed E-state index contributed by atoms with van der Waals surface area (Å²) in [5.41, 5.74) is 18.9.